The first kappa shape index (κ1) is 21.9. The Morgan fingerprint density at radius 3 is 2.64 bits per heavy atom. The number of thioether (sulfide) groups is 1. The van der Waals surface area contributed by atoms with Crippen molar-refractivity contribution in [2.45, 2.75) is 17.8 Å². The Morgan fingerprint density at radius 2 is 1.91 bits per heavy atom. The first-order chi connectivity index (χ1) is 16.2. The van der Waals surface area contributed by atoms with Crippen molar-refractivity contribution < 1.29 is 9.21 Å². The van der Waals surface area contributed by atoms with Crippen LogP contribution < -0.4 is 0 Å². The van der Waals surface area contributed by atoms with Gasteiger partial charge in [-0.2, -0.15) is 0 Å². The van der Waals surface area contributed by atoms with Gasteiger partial charge < -0.3 is 14.2 Å². The van der Waals surface area contributed by atoms with Crippen LogP contribution in [0.5, 0.6) is 0 Å². The molecule has 1 aliphatic heterocycles. The van der Waals surface area contributed by atoms with E-state index in [2.05, 4.69) is 27.0 Å². The van der Waals surface area contributed by atoms with Crippen LogP contribution in [0.4, 0.5) is 0 Å². The van der Waals surface area contributed by atoms with Gasteiger partial charge in [-0.1, -0.05) is 43.0 Å². The summed E-state index contributed by atoms with van der Waals surface area (Å²) < 4.78 is 7.66. The number of benzene rings is 1. The highest BCUT2D eigenvalue weighted by Crippen LogP contribution is 2.31. The Kier molecular flexibility index (Phi) is 6.56. The molecule has 10 heteroatoms. The molecule has 8 nitrogen and oxygen atoms in total. The second-order valence-electron chi connectivity index (χ2n) is 7.60. The van der Waals surface area contributed by atoms with E-state index in [4.69, 9.17) is 4.42 Å². The van der Waals surface area contributed by atoms with E-state index < -0.39 is 0 Å². The molecule has 3 aromatic heterocycles. The molecular formula is C23H24N6O2S2. The standard InChI is InChI=1S/C23H24N6O2S2/c1-2-27-10-12-28(13-11-27)22(30)18-15-31-20(24-18)16-33-23-26-25-21(19-9-6-14-32-19)29(23)17-7-4-3-5-8-17/h3-9,14-15H,2,10-13,16H2,1H3. The summed E-state index contributed by atoms with van der Waals surface area (Å²) in [6.45, 7) is 6.37. The SMILES string of the molecule is CCN1CCN(C(=O)c2coc(CSc3nnc(-c4cccs4)n3-c3ccccc3)n2)CC1. The normalized spacial score (nSPS) is 14.6. The Bertz CT molecular complexity index is 1200. The van der Waals surface area contributed by atoms with E-state index >= 15 is 0 Å². The van der Waals surface area contributed by atoms with Gasteiger partial charge in [0, 0.05) is 31.9 Å². The van der Waals surface area contributed by atoms with Gasteiger partial charge in [0.2, 0.25) is 5.89 Å². The van der Waals surface area contributed by atoms with Gasteiger partial charge in [-0.3, -0.25) is 9.36 Å². The largest absolute Gasteiger partial charge is 0.447 e. The lowest BCUT2D eigenvalue weighted by Gasteiger charge is -2.33. The molecule has 4 aromatic rings. The van der Waals surface area contributed by atoms with E-state index in [0.717, 1.165) is 54.3 Å². The number of para-hydroxylation sites is 1. The molecule has 0 spiro atoms. The minimum atomic E-state index is -0.0711. The van der Waals surface area contributed by atoms with Gasteiger partial charge >= 0.3 is 0 Å². The number of hydrogen-bond donors (Lipinski definition) is 0. The van der Waals surface area contributed by atoms with Gasteiger partial charge in [-0.05, 0) is 30.1 Å². The van der Waals surface area contributed by atoms with Crippen molar-refractivity contribution >= 4 is 29.0 Å². The van der Waals surface area contributed by atoms with Gasteiger partial charge in [0.25, 0.3) is 5.91 Å². The number of carbonyl (C=O) groups excluding carboxylic acids is 1. The molecule has 170 valence electrons. The van der Waals surface area contributed by atoms with E-state index in [-0.39, 0.29) is 5.91 Å². The summed E-state index contributed by atoms with van der Waals surface area (Å²) in [4.78, 5) is 22.5. The predicted molar refractivity (Wildman–Crippen MR) is 129 cm³/mol. The van der Waals surface area contributed by atoms with Crippen LogP contribution in [-0.4, -0.2) is 68.2 Å². The average Bonchev–Trinajstić information content (AvgIpc) is 3.63. The molecule has 0 atom stereocenters. The number of carbonyl (C=O) groups is 1. The summed E-state index contributed by atoms with van der Waals surface area (Å²) in [5, 5.41) is 11.6. The first-order valence-corrected chi connectivity index (χ1v) is 12.7. The lowest BCUT2D eigenvalue weighted by atomic mass is 10.3. The van der Waals surface area contributed by atoms with Gasteiger partial charge in [0.1, 0.15) is 6.26 Å². The Balaban J connectivity index is 1.31. The van der Waals surface area contributed by atoms with Crippen LogP contribution in [0.25, 0.3) is 16.4 Å². The number of amides is 1. The smallest absolute Gasteiger partial charge is 0.275 e. The van der Waals surface area contributed by atoms with Crippen molar-refractivity contribution in [3.63, 3.8) is 0 Å². The summed E-state index contributed by atoms with van der Waals surface area (Å²) in [7, 11) is 0. The topological polar surface area (TPSA) is 80.3 Å². The van der Waals surface area contributed by atoms with Crippen molar-refractivity contribution in [3.8, 4) is 16.4 Å². The zero-order chi connectivity index (χ0) is 22.6. The molecule has 5 rings (SSSR count). The zero-order valence-corrected chi connectivity index (χ0v) is 19.9. The van der Waals surface area contributed by atoms with Gasteiger partial charge in [-0.25, -0.2) is 4.98 Å². The van der Waals surface area contributed by atoms with Crippen molar-refractivity contribution in [2.24, 2.45) is 0 Å². The number of thiophene rings is 1. The predicted octanol–water partition coefficient (Wildman–Crippen LogP) is 4.05. The zero-order valence-electron chi connectivity index (χ0n) is 18.3. The van der Waals surface area contributed by atoms with Crippen molar-refractivity contribution in [1.29, 1.82) is 0 Å². The second-order valence-corrected chi connectivity index (χ2v) is 9.49. The monoisotopic (exact) mass is 480 g/mol. The highest BCUT2D eigenvalue weighted by molar-refractivity contribution is 7.98. The molecule has 4 heterocycles. The fourth-order valence-electron chi connectivity index (χ4n) is 3.77. The number of hydrogen-bond acceptors (Lipinski definition) is 8. The fourth-order valence-corrected chi connectivity index (χ4v) is 5.27. The minimum Gasteiger partial charge on any atom is -0.447 e. The summed E-state index contributed by atoms with van der Waals surface area (Å²) >= 11 is 3.11. The number of rotatable bonds is 7. The van der Waals surface area contributed by atoms with E-state index in [1.165, 1.54) is 18.0 Å². The van der Waals surface area contributed by atoms with Gasteiger partial charge in [-0.15, -0.1) is 21.5 Å². The third kappa shape index (κ3) is 4.73. The molecule has 1 aromatic carbocycles. The van der Waals surface area contributed by atoms with E-state index in [1.807, 2.05) is 57.3 Å². The fraction of sp³-hybridized carbons (Fsp3) is 0.304. The molecule has 0 aliphatic carbocycles. The number of likely N-dealkylation sites (N-methyl/N-ethyl adjacent to an activating group) is 1. The highest BCUT2D eigenvalue weighted by atomic mass is 32.2. The quantitative estimate of drug-likeness (QED) is 0.369. The lowest BCUT2D eigenvalue weighted by Crippen LogP contribution is -2.48. The molecule has 1 amide bonds. The van der Waals surface area contributed by atoms with Crippen molar-refractivity contribution in [2.75, 3.05) is 32.7 Å². The van der Waals surface area contributed by atoms with E-state index in [0.29, 0.717) is 17.3 Å². The summed E-state index contributed by atoms with van der Waals surface area (Å²) in [6.07, 6.45) is 1.46. The molecule has 0 radical (unpaired) electrons. The number of piperazine rings is 1. The highest BCUT2D eigenvalue weighted by Gasteiger charge is 2.24. The number of oxazole rings is 1. The third-order valence-electron chi connectivity index (χ3n) is 5.59. The maximum atomic E-state index is 12.8. The Hall–Kier alpha value is -2.95. The van der Waals surface area contributed by atoms with Crippen molar-refractivity contribution in [1.82, 2.24) is 29.5 Å². The summed E-state index contributed by atoms with van der Waals surface area (Å²) in [5.41, 5.74) is 1.35. The van der Waals surface area contributed by atoms with Crippen LogP contribution >= 0.6 is 23.1 Å². The molecule has 1 fully saturated rings. The average molecular weight is 481 g/mol. The Morgan fingerprint density at radius 1 is 1.09 bits per heavy atom. The molecular weight excluding hydrogens is 456 g/mol. The number of nitrogens with zero attached hydrogens (tertiary/aromatic N) is 6. The summed E-state index contributed by atoms with van der Waals surface area (Å²) in [6, 6.07) is 14.1. The van der Waals surface area contributed by atoms with Crippen LogP contribution in [0.1, 0.15) is 23.3 Å². The molecule has 33 heavy (non-hydrogen) atoms. The minimum absolute atomic E-state index is 0.0711. The molecule has 0 N–H and O–H groups in total. The van der Waals surface area contributed by atoms with Crippen LogP contribution in [0.3, 0.4) is 0 Å². The van der Waals surface area contributed by atoms with Crippen molar-refractivity contribution in [3.05, 3.63) is 65.7 Å². The van der Waals surface area contributed by atoms with Crippen LogP contribution in [0, 0.1) is 0 Å². The lowest BCUT2D eigenvalue weighted by molar-refractivity contribution is 0.0637. The maximum Gasteiger partial charge on any atom is 0.275 e. The van der Waals surface area contributed by atoms with Gasteiger partial charge in [0.05, 0.1) is 10.6 Å². The second kappa shape index (κ2) is 9.90. The molecule has 1 saturated heterocycles. The van der Waals surface area contributed by atoms with Gasteiger partial charge in [0.15, 0.2) is 16.7 Å². The molecule has 0 saturated carbocycles. The van der Waals surface area contributed by atoms with Crippen LogP contribution in [-0.2, 0) is 5.75 Å². The van der Waals surface area contributed by atoms with Crippen LogP contribution in [0.2, 0.25) is 0 Å². The Labute approximate surface area is 200 Å². The van der Waals surface area contributed by atoms with E-state index in [1.54, 1.807) is 11.3 Å². The maximum absolute atomic E-state index is 12.8. The molecule has 0 unspecified atom stereocenters. The van der Waals surface area contributed by atoms with E-state index in [9.17, 15) is 4.79 Å². The molecule has 0 bridgehead atoms. The number of aromatic nitrogens is 4. The third-order valence-corrected chi connectivity index (χ3v) is 7.37. The summed E-state index contributed by atoms with van der Waals surface area (Å²) in [5.74, 6) is 1.67. The molecule has 1 aliphatic rings. The van der Waals surface area contributed by atoms with Crippen LogP contribution in [0.15, 0.2) is 63.7 Å². The first-order valence-electron chi connectivity index (χ1n) is 10.9.